The predicted molar refractivity (Wildman–Crippen MR) is 58.7 cm³/mol. The first-order valence-electron chi connectivity index (χ1n) is 5.18. The SMILES string of the molecule is CCC(C(=O)Cc1ccncc1)C(=O)OC. The van der Waals surface area contributed by atoms with Gasteiger partial charge in [0.05, 0.1) is 7.11 Å². The minimum absolute atomic E-state index is 0.111. The van der Waals surface area contributed by atoms with Gasteiger partial charge in [0.25, 0.3) is 0 Å². The Labute approximate surface area is 94.6 Å². The molecule has 0 saturated heterocycles. The van der Waals surface area contributed by atoms with Gasteiger partial charge in [-0.05, 0) is 24.1 Å². The number of esters is 1. The van der Waals surface area contributed by atoms with Gasteiger partial charge >= 0.3 is 5.97 Å². The highest BCUT2D eigenvalue weighted by Gasteiger charge is 2.25. The third-order valence-electron chi connectivity index (χ3n) is 2.41. The summed E-state index contributed by atoms with van der Waals surface area (Å²) < 4.78 is 4.59. The summed E-state index contributed by atoms with van der Waals surface area (Å²) in [5, 5.41) is 0. The molecular weight excluding hydrogens is 206 g/mol. The van der Waals surface area contributed by atoms with Crippen LogP contribution in [0.25, 0.3) is 0 Å². The zero-order valence-corrected chi connectivity index (χ0v) is 9.47. The second kappa shape index (κ2) is 6.00. The van der Waals surface area contributed by atoms with E-state index in [-0.39, 0.29) is 12.2 Å². The molecule has 4 nitrogen and oxygen atoms in total. The number of hydrogen-bond donors (Lipinski definition) is 0. The predicted octanol–water partition coefficient (Wildman–Crippen LogP) is 1.39. The number of rotatable bonds is 5. The minimum atomic E-state index is -0.654. The molecule has 4 heteroatoms. The second-order valence-corrected chi connectivity index (χ2v) is 3.48. The standard InChI is InChI=1S/C12H15NO3/c1-3-10(12(15)16-2)11(14)8-9-4-6-13-7-5-9/h4-7,10H,3,8H2,1-2H3. The molecule has 1 heterocycles. The summed E-state index contributed by atoms with van der Waals surface area (Å²) in [5.74, 6) is -1.22. The van der Waals surface area contributed by atoms with E-state index in [2.05, 4.69) is 9.72 Å². The molecule has 0 aliphatic heterocycles. The maximum absolute atomic E-state index is 11.8. The van der Waals surface area contributed by atoms with Crippen LogP contribution < -0.4 is 0 Å². The Kier molecular flexibility index (Phi) is 4.64. The van der Waals surface area contributed by atoms with Crippen LogP contribution in [0, 0.1) is 5.92 Å². The molecule has 0 N–H and O–H groups in total. The molecule has 0 aliphatic carbocycles. The highest BCUT2D eigenvalue weighted by atomic mass is 16.5. The van der Waals surface area contributed by atoms with Gasteiger partial charge in [-0.1, -0.05) is 6.92 Å². The first kappa shape index (κ1) is 12.4. The third-order valence-corrected chi connectivity index (χ3v) is 2.41. The van der Waals surface area contributed by atoms with Gasteiger partial charge in [0.15, 0.2) is 5.78 Å². The number of pyridine rings is 1. The second-order valence-electron chi connectivity index (χ2n) is 3.48. The zero-order valence-electron chi connectivity index (χ0n) is 9.47. The van der Waals surface area contributed by atoms with E-state index in [1.54, 1.807) is 31.5 Å². The average molecular weight is 221 g/mol. The molecule has 1 atom stereocenters. The van der Waals surface area contributed by atoms with Crippen molar-refractivity contribution < 1.29 is 14.3 Å². The molecule has 1 rings (SSSR count). The number of carbonyl (C=O) groups excluding carboxylic acids is 2. The van der Waals surface area contributed by atoms with Crippen LogP contribution in [0.5, 0.6) is 0 Å². The smallest absolute Gasteiger partial charge is 0.316 e. The molecular formula is C12H15NO3. The fourth-order valence-electron chi connectivity index (χ4n) is 1.49. The van der Waals surface area contributed by atoms with Crippen molar-refractivity contribution in [1.82, 2.24) is 4.98 Å². The Hall–Kier alpha value is -1.71. The van der Waals surface area contributed by atoms with Gasteiger partial charge in [-0.25, -0.2) is 0 Å². The van der Waals surface area contributed by atoms with Gasteiger partial charge in [-0.3, -0.25) is 14.6 Å². The quantitative estimate of drug-likeness (QED) is 0.557. The molecule has 0 aliphatic rings. The van der Waals surface area contributed by atoms with E-state index in [9.17, 15) is 9.59 Å². The maximum Gasteiger partial charge on any atom is 0.316 e. The summed E-state index contributed by atoms with van der Waals surface area (Å²) in [4.78, 5) is 27.0. The van der Waals surface area contributed by atoms with Crippen LogP contribution in [0.2, 0.25) is 0 Å². The van der Waals surface area contributed by atoms with Crippen molar-refractivity contribution in [3.8, 4) is 0 Å². The Balaban J connectivity index is 2.67. The highest BCUT2D eigenvalue weighted by Crippen LogP contribution is 2.10. The Morgan fingerprint density at radius 3 is 2.50 bits per heavy atom. The number of carbonyl (C=O) groups is 2. The van der Waals surface area contributed by atoms with Crippen molar-refractivity contribution in [2.24, 2.45) is 5.92 Å². The van der Waals surface area contributed by atoms with E-state index >= 15 is 0 Å². The summed E-state index contributed by atoms with van der Waals surface area (Å²) in [6.07, 6.45) is 3.97. The van der Waals surface area contributed by atoms with Gasteiger partial charge < -0.3 is 4.74 Å². The van der Waals surface area contributed by atoms with Crippen molar-refractivity contribution in [3.05, 3.63) is 30.1 Å². The molecule has 1 aromatic heterocycles. The van der Waals surface area contributed by atoms with Gasteiger partial charge in [0.1, 0.15) is 5.92 Å². The van der Waals surface area contributed by atoms with Crippen molar-refractivity contribution in [3.63, 3.8) is 0 Å². The fourth-order valence-corrected chi connectivity index (χ4v) is 1.49. The minimum Gasteiger partial charge on any atom is -0.468 e. The Morgan fingerprint density at radius 1 is 1.38 bits per heavy atom. The molecule has 0 spiro atoms. The molecule has 0 saturated carbocycles. The van der Waals surface area contributed by atoms with E-state index in [1.807, 2.05) is 0 Å². The highest BCUT2D eigenvalue weighted by molar-refractivity contribution is 5.99. The maximum atomic E-state index is 11.8. The number of ether oxygens (including phenoxy) is 1. The summed E-state index contributed by atoms with van der Waals surface area (Å²) in [6, 6.07) is 3.53. The average Bonchev–Trinajstić information content (AvgIpc) is 2.31. The van der Waals surface area contributed by atoms with Crippen molar-refractivity contribution in [1.29, 1.82) is 0 Å². The topological polar surface area (TPSA) is 56.3 Å². The van der Waals surface area contributed by atoms with E-state index < -0.39 is 11.9 Å². The number of nitrogens with zero attached hydrogens (tertiary/aromatic N) is 1. The molecule has 0 radical (unpaired) electrons. The molecule has 86 valence electrons. The Bertz CT molecular complexity index is 362. The summed E-state index contributed by atoms with van der Waals surface area (Å²) >= 11 is 0. The first-order chi connectivity index (χ1) is 7.69. The number of aromatic nitrogens is 1. The normalized spacial score (nSPS) is 11.9. The lowest BCUT2D eigenvalue weighted by Crippen LogP contribution is -2.26. The van der Waals surface area contributed by atoms with Crippen molar-refractivity contribution in [2.75, 3.05) is 7.11 Å². The molecule has 0 aromatic carbocycles. The molecule has 0 amide bonds. The molecule has 1 aromatic rings. The third kappa shape index (κ3) is 3.15. The van der Waals surface area contributed by atoms with Crippen LogP contribution in [0.1, 0.15) is 18.9 Å². The van der Waals surface area contributed by atoms with Gasteiger partial charge in [0, 0.05) is 18.8 Å². The van der Waals surface area contributed by atoms with E-state index in [4.69, 9.17) is 0 Å². The number of ketones is 1. The van der Waals surface area contributed by atoms with Gasteiger partial charge in [0.2, 0.25) is 0 Å². The lowest BCUT2D eigenvalue weighted by atomic mass is 9.96. The number of Topliss-reactive ketones (excluding diaryl/α,β-unsaturated/α-hetero) is 1. The van der Waals surface area contributed by atoms with E-state index in [1.165, 1.54) is 7.11 Å². The van der Waals surface area contributed by atoms with Crippen LogP contribution in [0.4, 0.5) is 0 Å². The van der Waals surface area contributed by atoms with Crippen LogP contribution in [-0.2, 0) is 20.7 Å². The lowest BCUT2D eigenvalue weighted by Gasteiger charge is -2.10. The molecule has 0 fully saturated rings. The van der Waals surface area contributed by atoms with Gasteiger partial charge in [-0.2, -0.15) is 0 Å². The van der Waals surface area contributed by atoms with E-state index in [0.717, 1.165) is 5.56 Å². The lowest BCUT2D eigenvalue weighted by molar-refractivity contribution is -0.149. The number of hydrogen-bond acceptors (Lipinski definition) is 4. The van der Waals surface area contributed by atoms with Crippen LogP contribution in [-0.4, -0.2) is 23.8 Å². The molecule has 1 unspecified atom stereocenters. The van der Waals surface area contributed by atoms with Crippen molar-refractivity contribution >= 4 is 11.8 Å². The molecule has 16 heavy (non-hydrogen) atoms. The largest absolute Gasteiger partial charge is 0.468 e. The molecule has 0 bridgehead atoms. The Morgan fingerprint density at radius 2 is 2.00 bits per heavy atom. The first-order valence-corrected chi connectivity index (χ1v) is 5.18. The van der Waals surface area contributed by atoms with Crippen LogP contribution >= 0.6 is 0 Å². The van der Waals surface area contributed by atoms with Crippen molar-refractivity contribution in [2.45, 2.75) is 19.8 Å². The fraction of sp³-hybridized carbons (Fsp3) is 0.417. The van der Waals surface area contributed by atoms with E-state index in [0.29, 0.717) is 6.42 Å². The number of methoxy groups -OCH3 is 1. The summed E-state index contributed by atoms with van der Waals surface area (Å²) in [5.41, 5.74) is 0.863. The zero-order chi connectivity index (χ0) is 12.0. The summed E-state index contributed by atoms with van der Waals surface area (Å²) in [7, 11) is 1.30. The van der Waals surface area contributed by atoms with Crippen LogP contribution in [0.3, 0.4) is 0 Å². The monoisotopic (exact) mass is 221 g/mol. The van der Waals surface area contributed by atoms with Crippen LogP contribution in [0.15, 0.2) is 24.5 Å². The summed E-state index contributed by atoms with van der Waals surface area (Å²) in [6.45, 7) is 1.80. The van der Waals surface area contributed by atoms with Gasteiger partial charge in [-0.15, -0.1) is 0 Å².